The van der Waals surface area contributed by atoms with Crippen molar-refractivity contribution in [3.05, 3.63) is 53.6 Å². The van der Waals surface area contributed by atoms with Crippen LogP contribution < -0.4 is 14.2 Å². The van der Waals surface area contributed by atoms with Gasteiger partial charge in [-0.05, 0) is 74.3 Å². The van der Waals surface area contributed by atoms with E-state index in [0.717, 1.165) is 31.5 Å². The van der Waals surface area contributed by atoms with Crippen LogP contribution >= 0.6 is 0 Å². The molecule has 35 heavy (non-hydrogen) atoms. The number of benzene rings is 2. The Hall–Kier alpha value is -2.90. The van der Waals surface area contributed by atoms with Gasteiger partial charge in [0.1, 0.15) is 24.7 Å². The number of aliphatic hydroxyl groups is 1. The van der Waals surface area contributed by atoms with E-state index in [-0.39, 0.29) is 23.9 Å². The molecule has 2 aromatic rings. The predicted octanol–water partition coefficient (Wildman–Crippen LogP) is 4.22. The Balaban J connectivity index is 1.34. The van der Waals surface area contributed by atoms with E-state index >= 15 is 0 Å². The number of likely N-dealkylation sites (tertiary alicyclic amines) is 1. The molecule has 0 aliphatic carbocycles. The molecule has 2 aliphatic heterocycles. The summed E-state index contributed by atoms with van der Waals surface area (Å²) in [6, 6.07) is 12.5. The number of ketones is 2. The molecule has 2 heterocycles. The molecular weight excluding hydrogens is 446 g/mol. The second-order valence-electron chi connectivity index (χ2n) is 9.36. The van der Waals surface area contributed by atoms with Crippen molar-refractivity contribution in [3.63, 3.8) is 0 Å². The highest BCUT2D eigenvalue weighted by atomic mass is 16.6. The van der Waals surface area contributed by atoms with Gasteiger partial charge in [-0.15, -0.1) is 0 Å². The average Bonchev–Trinajstić information content (AvgIpc) is 3.40. The van der Waals surface area contributed by atoms with Crippen molar-refractivity contribution in [1.82, 2.24) is 4.90 Å². The summed E-state index contributed by atoms with van der Waals surface area (Å²) in [5, 5.41) is 11.3. The number of hydrogen-bond donors (Lipinski definition) is 1. The van der Waals surface area contributed by atoms with Gasteiger partial charge in [-0.2, -0.15) is 0 Å². The van der Waals surface area contributed by atoms with Crippen LogP contribution in [0.25, 0.3) is 0 Å². The van der Waals surface area contributed by atoms with E-state index < -0.39 is 6.10 Å². The fourth-order valence-corrected chi connectivity index (χ4v) is 4.85. The molecule has 1 N–H and O–H groups in total. The quantitative estimate of drug-likeness (QED) is 0.454. The van der Waals surface area contributed by atoms with Gasteiger partial charge in [-0.25, -0.2) is 0 Å². The molecule has 1 saturated heterocycles. The molecule has 2 aromatic carbocycles. The number of carbonyl (C=O) groups excluding carboxylic acids is 2. The van der Waals surface area contributed by atoms with Gasteiger partial charge in [0.15, 0.2) is 17.3 Å². The van der Waals surface area contributed by atoms with Gasteiger partial charge in [0, 0.05) is 37.3 Å². The van der Waals surface area contributed by atoms with E-state index in [4.69, 9.17) is 14.2 Å². The van der Waals surface area contributed by atoms with Crippen molar-refractivity contribution < 1.29 is 28.9 Å². The lowest BCUT2D eigenvalue weighted by Crippen LogP contribution is -2.31. The van der Waals surface area contributed by atoms with Crippen molar-refractivity contribution in [2.45, 2.75) is 44.6 Å². The third kappa shape index (κ3) is 6.83. The van der Waals surface area contributed by atoms with Crippen molar-refractivity contribution in [2.75, 3.05) is 40.0 Å². The van der Waals surface area contributed by atoms with E-state index in [0.29, 0.717) is 61.8 Å². The highest BCUT2D eigenvalue weighted by Crippen LogP contribution is 2.36. The monoisotopic (exact) mass is 481 g/mol. The second-order valence-corrected chi connectivity index (χ2v) is 9.36. The van der Waals surface area contributed by atoms with E-state index in [1.54, 1.807) is 31.4 Å². The van der Waals surface area contributed by atoms with Crippen LogP contribution in [-0.2, 0) is 4.79 Å². The van der Waals surface area contributed by atoms with Gasteiger partial charge < -0.3 is 24.2 Å². The average molecular weight is 482 g/mol. The van der Waals surface area contributed by atoms with Gasteiger partial charge in [0.2, 0.25) is 0 Å². The van der Waals surface area contributed by atoms with Gasteiger partial charge in [-0.3, -0.25) is 9.59 Å². The molecule has 0 bridgehead atoms. The van der Waals surface area contributed by atoms with Crippen LogP contribution in [0.1, 0.15) is 60.6 Å². The molecule has 0 spiro atoms. The summed E-state index contributed by atoms with van der Waals surface area (Å²) < 4.78 is 16.4. The van der Waals surface area contributed by atoms with Crippen LogP contribution in [0, 0.1) is 5.92 Å². The summed E-state index contributed by atoms with van der Waals surface area (Å²) in [7, 11) is 1.59. The van der Waals surface area contributed by atoms with Crippen molar-refractivity contribution in [2.24, 2.45) is 5.92 Å². The first-order chi connectivity index (χ1) is 17.0. The summed E-state index contributed by atoms with van der Waals surface area (Å²) >= 11 is 0. The molecule has 2 atom stereocenters. The van der Waals surface area contributed by atoms with E-state index in [1.807, 2.05) is 18.2 Å². The standard InChI is InChI=1S/C28H35NO6/c1-33-24-10-7-20(8-11-24)25(31)6-4-5-23(30)17-22(19-29-13-2-3-14-29)28(32)21-9-12-26-27(18-21)35-16-15-34-26/h7-12,18,22,28,32H,2-6,13-17,19H2,1H3/t22-,28-/m1/s1. The molecule has 0 unspecified atom stereocenters. The van der Waals surface area contributed by atoms with E-state index in [1.165, 1.54) is 0 Å². The predicted molar refractivity (Wildman–Crippen MR) is 132 cm³/mol. The zero-order valence-corrected chi connectivity index (χ0v) is 20.4. The number of ether oxygens (including phenoxy) is 3. The fourth-order valence-electron chi connectivity index (χ4n) is 4.85. The number of Topliss-reactive ketones (excluding diaryl/α,β-unsaturated/α-hetero) is 2. The minimum Gasteiger partial charge on any atom is -0.497 e. The van der Waals surface area contributed by atoms with Crippen molar-refractivity contribution >= 4 is 11.6 Å². The minimum atomic E-state index is -0.781. The van der Waals surface area contributed by atoms with Gasteiger partial charge in [0.05, 0.1) is 13.2 Å². The lowest BCUT2D eigenvalue weighted by atomic mass is 9.89. The summed E-state index contributed by atoms with van der Waals surface area (Å²) in [6.45, 7) is 3.66. The molecule has 7 nitrogen and oxygen atoms in total. The third-order valence-electron chi connectivity index (χ3n) is 6.81. The first kappa shape index (κ1) is 25.2. The Morgan fingerprint density at radius 3 is 2.43 bits per heavy atom. The Morgan fingerprint density at radius 1 is 1.00 bits per heavy atom. The summed E-state index contributed by atoms with van der Waals surface area (Å²) in [5.74, 6) is 1.90. The number of methoxy groups -OCH3 is 1. The highest BCUT2D eigenvalue weighted by molar-refractivity contribution is 5.96. The summed E-state index contributed by atoms with van der Waals surface area (Å²) in [5.41, 5.74) is 1.36. The number of carbonyl (C=O) groups is 2. The van der Waals surface area contributed by atoms with Crippen LogP contribution in [0.4, 0.5) is 0 Å². The van der Waals surface area contributed by atoms with Crippen LogP contribution in [0.2, 0.25) is 0 Å². The van der Waals surface area contributed by atoms with Gasteiger partial charge in [0.25, 0.3) is 0 Å². The molecule has 0 aromatic heterocycles. The Kier molecular flexibility index (Phi) is 8.77. The fraction of sp³-hybridized carbons (Fsp3) is 0.500. The maximum Gasteiger partial charge on any atom is 0.162 e. The molecule has 0 saturated carbocycles. The van der Waals surface area contributed by atoms with Crippen LogP contribution in [-0.4, -0.2) is 61.5 Å². The first-order valence-electron chi connectivity index (χ1n) is 12.5. The number of fused-ring (bicyclic) bond motifs is 1. The maximum atomic E-state index is 12.9. The lowest BCUT2D eigenvalue weighted by molar-refractivity contribution is -0.121. The molecule has 188 valence electrons. The van der Waals surface area contributed by atoms with Gasteiger partial charge >= 0.3 is 0 Å². The lowest BCUT2D eigenvalue weighted by Gasteiger charge is -2.28. The topological polar surface area (TPSA) is 85.3 Å². The maximum absolute atomic E-state index is 12.9. The zero-order chi connectivity index (χ0) is 24.6. The molecule has 2 aliphatic rings. The SMILES string of the molecule is COc1ccc(C(=O)CCCC(=O)C[C@H](CN2CCCC2)[C@H](O)c2ccc3c(c2)OCCO3)cc1. The van der Waals surface area contributed by atoms with Crippen LogP contribution in [0.5, 0.6) is 17.2 Å². The van der Waals surface area contributed by atoms with Crippen LogP contribution in [0.15, 0.2) is 42.5 Å². The summed E-state index contributed by atoms with van der Waals surface area (Å²) in [4.78, 5) is 27.7. The molecule has 1 fully saturated rings. The Bertz CT molecular complexity index is 999. The molecular formula is C28H35NO6. The second kappa shape index (κ2) is 12.2. The largest absolute Gasteiger partial charge is 0.497 e. The van der Waals surface area contributed by atoms with E-state index in [2.05, 4.69) is 4.90 Å². The summed E-state index contributed by atoms with van der Waals surface area (Å²) in [6.07, 6.45) is 2.94. The molecule has 7 heteroatoms. The third-order valence-corrected chi connectivity index (χ3v) is 6.81. The first-order valence-corrected chi connectivity index (χ1v) is 12.5. The number of rotatable bonds is 12. The van der Waals surface area contributed by atoms with Gasteiger partial charge in [-0.1, -0.05) is 6.07 Å². The molecule has 4 rings (SSSR count). The molecule has 0 radical (unpaired) electrons. The Labute approximate surface area is 207 Å². The highest BCUT2D eigenvalue weighted by Gasteiger charge is 2.28. The van der Waals surface area contributed by atoms with E-state index in [9.17, 15) is 14.7 Å². The number of nitrogens with zero attached hydrogens (tertiary/aromatic N) is 1. The minimum absolute atomic E-state index is 0.0189. The smallest absolute Gasteiger partial charge is 0.162 e. The van der Waals surface area contributed by atoms with Crippen molar-refractivity contribution in [3.8, 4) is 17.2 Å². The number of hydrogen-bond acceptors (Lipinski definition) is 7. The van der Waals surface area contributed by atoms with Crippen LogP contribution in [0.3, 0.4) is 0 Å². The normalized spacial score (nSPS) is 17.1. The number of aliphatic hydroxyl groups excluding tert-OH is 1. The zero-order valence-electron chi connectivity index (χ0n) is 20.4. The van der Waals surface area contributed by atoms with Crippen molar-refractivity contribution in [1.29, 1.82) is 0 Å². The molecule has 0 amide bonds. The Morgan fingerprint density at radius 2 is 1.71 bits per heavy atom.